The van der Waals surface area contributed by atoms with Gasteiger partial charge in [0.2, 0.25) is 0 Å². The highest BCUT2D eigenvalue weighted by atomic mass is 32.1. The highest BCUT2D eigenvalue weighted by molar-refractivity contribution is 7.10. The third-order valence-corrected chi connectivity index (χ3v) is 7.29. The molecule has 0 spiro atoms. The van der Waals surface area contributed by atoms with E-state index in [2.05, 4.69) is 55.3 Å². The third kappa shape index (κ3) is 4.29. The van der Waals surface area contributed by atoms with Crippen LogP contribution in [-0.2, 0) is 11.3 Å². The number of carbonyl (C=O) groups is 2. The minimum absolute atomic E-state index is 0.181. The summed E-state index contributed by atoms with van der Waals surface area (Å²) in [5.41, 5.74) is 4.32. The molecule has 3 fully saturated rings. The maximum Gasteiger partial charge on any atom is 0.326 e. The second-order valence-electron chi connectivity index (χ2n) is 9.13. The molecule has 3 aromatic rings. The van der Waals surface area contributed by atoms with Gasteiger partial charge in [-0.1, -0.05) is 0 Å². The summed E-state index contributed by atoms with van der Waals surface area (Å²) in [7, 11) is 2.17. The van der Waals surface area contributed by atoms with Crippen molar-refractivity contribution >= 4 is 40.7 Å². The number of likely N-dealkylation sites (N-methyl/N-ethyl adjacent to an activating group) is 1. The molecule has 3 aliphatic rings. The predicted octanol–water partition coefficient (Wildman–Crippen LogP) is 1.96. The standard InChI is InChI=1S/C23H26N8O2S/c1-29-4-6-30(7-5-29)12-17-8-14(13-34-17)18-10-19(25-15-2-3-15)21-24-11-16(31(21)28-18)9-20-22(32)27-23(33)26-20/h8-11,13,15,25H,2-7,12H2,1H3,(H2,26,27,32,33)/b20-9-. The Balaban J connectivity index is 1.33. The number of rotatable bonds is 6. The van der Waals surface area contributed by atoms with Gasteiger partial charge >= 0.3 is 6.03 Å². The maximum atomic E-state index is 12.0. The minimum Gasteiger partial charge on any atom is -0.379 e. The zero-order valence-electron chi connectivity index (χ0n) is 18.9. The SMILES string of the molecule is CN1CCN(Cc2cc(-c3cc(NC4CC4)c4ncc(/C=C5\NC(=O)NC5=O)n4n3)cs2)CC1. The summed E-state index contributed by atoms with van der Waals surface area (Å²) >= 11 is 1.76. The normalized spacial score (nSPS) is 20.8. The lowest BCUT2D eigenvalue weighted by molar-refractivity contribution is -0.115. The van der Waals surface area contributed by atoms with Crippen LogP contribution in [-0.4, -0.2) is 75.6 Å². The van der Waals surface area contributed by atoms with E-state index in [0.29, 0.717) is 17.4 Å². The Morgan fingerprint density at radius 3 is 2.74 bits per heavy atom. The van der Waals surface area contributed by atoms with Gasteiger partial charge in [-0.3, -0.25) is 15.0 Å². The van der Waals surface area contributed by atoms with Crippen molar-refractivity contribution in [3.8, 4) is 11.3 Å². The number of carbonyl (C=O) groups excluding carboxylic acids is 2. The zero-order valence-corrected chi connectivity index (χ0v) is 19.7. The van der Waals surface area contributed by atoms with E-state index in [4.69, 9.17) is 5.10 Å². The van der Waals surface area contributed by atoms with E-state index >= 15 is 0 Å². The molecule has 2 saturated heterocycles. The second kappa shape index (κ2) is 8.49. The zero-order chi connectivity index (χ0) is 23.2. The van der Waals surface area contributed by atoms with Crippen molar-refractivity contribution in [1.82, 2.24) is 35.0 Å². The second-order valence-corrected chi connectivity index (χ2v) is 10.1. The first kappa shape index (κ1) is 21.3. The van der Waals surface area contributed by atoms with Crippen LogP contribution in [0.3, 0.4) is 0 Å². The molecule has 0 atom stereocenters. The van der Waals surface area contributed by atoms with Crippen LogP contribution in [0.15, 0.2) is 29.4 Å². The smallest absolute Gasteiger partial charge is 0.326 e. The van der Waals surface area contributed by atoms with Crippen LogP contribution in [0.25, 0.3) is 23.0 Å². The molecule has 1 aliphatic carbocycles. The molecule has 176 valence electrons. The number of urea groups is 1. The number of imidazole rings is 1. The molecule has 3 N–H and O–H groups in total. The third-order valence-electron chi connectivity index (χ3n) is 6.37. The first-order valence-corrected chi connectivity index (χ1v) is 12.4. The van der Waals surface area contributed by atoms with Crippen LogP contribution in [0.4, 0.5) is 10.5 Å². The summed E-state index contributed by atoms with van der Waals surface area (Å²) in [6.45, 7) is 5.32. The van der Waals surface area contributed by atoms with E-state index in [1.54, 1.807) is 28.1 Å². The van der Waals surface area contributed by atoms with Gasteiger partial charge in [-0.15, -0.1) is 11.3 Å². The fraction of sp³-hybridized carbons (Fsp3) is 0.391. The summed E-state index contributed by atoms with van der Waals surface area (Å²) in [4.78, 5) is 34.2. The van der Waals surface area contributed by atoms with E-state index in [9.17, 15) is 9.59 Å². The molecular formula is C23H26N8O2S. The van der Waals surface area contributed by atoms with Crippen LogP contribution >= 0.6 is 11.3 Å². The van der Waals surface area contributed by atoms with Crippen molar-refractivity contribution in [2.45, 2.75) is 25.4 Å². The van der Waals surface area contributed by atoms with Gasteiger partial charge in [-0.2, -0.15) is 5.10 Å². The lowest BCUT2D eigenvalue weighted by Gasteiger charge is -2.31. The fourth-order valence-electron chi connectivity index (χ4n) is 4.23. The van der Waals surface area contributed by atoms with Crippen LogP contribution in [0.1, 0.15) is 23.4 Å². The predicted molar refractivity (Wildman–Crippen MR) is 130 cm³/mol. The Labute approximate surface area is 200 Å². The van der Waals surface area contributed by atoms with Gasteiger partial charge in [0.25, 0.3) is 5.91 Å². The summed E-state index contributed by atoms with van der Waals surface area (Å²) in [5, 5.41) is 15.3. The molecule has 5 heterocycles. The van der Waals surface area contributed by atoms with Crippen LogP contribution < -0.4 is 16.0 Å². The Kier molecular flexibility index (Phi) is 5.31. The van der Waals surface area contributed by atoms with E-state index in [-0.39, 0.29) is 5.70 Å². The van der Waals surface area contributed by atoms with Crippen molar-refractivity contribution in [3.63, 3.8) is 0 Å². The number of hydrogen-bond donors (Lipinski definition) is 3. The number of amides is 3. The molecule has 10 nitrogen and oxygen atoms in total. The van der Waals surface area contributed by atoms with Crippen molar-refractivity contribution in [3.05, 3.63) is 40.0 Å². The summed E-state index contributed by atoms with van der Waals surface area (Å²) < 4.78 is 1.74. The van der Waals surface area contributed by atoms with Crippen molar-refractivity contribution in [1.29, 1.82) is 0 Å². The quantitative estimate of drug-likeness (QED) is 0.367. The Morgan fingerprint density at radius 1 is 1.18 bits per heavy atom. The summed E-state index contributed by atoms with van der Waals surface area (Å²) in [6.07, 6.45) is 5.55. The van der Waals surface area contributed by atoms with E-state index in [1.807, 2.05) is 0 Å². The number of piperazine rings is 1. The van der Waals surface area contributed by atoms with E-state index in [0.717, 1.165) is 62.5 Å². The average molecular weight is 479 g/mol. The number of imide groups is 1. The average Bonchev–Trinajstić information content (AvgIpc) is 3.20. The molecule has 3 aromatic heterocycles. The van der Waals surface area contributed by atoms with Crippen LogP contribution in [0.5, 0.6) is 0 Å². The molecule has 0 radical (unpaired) electrons. The monoisotopic (exact) mass is 478 g/mol. The number of nitrogens with zero attached hydrogens (tertiary/aromatic N) is 5. The number of nitrogens with one attached hydrogen (secondary N) is 3. The molecule has 0 bridgehead atoms. The molecule has 3 amide bonds. The Hall–Kier alpha value is -3.28. The number of thiophene rings is 1. The van der Waals surface area contributed by atoms with Crippen LogP contribution in [0.2, 0.25) is 0 Å². The number of hydrogen-bond acceptors (Lipinski definition) is 8. The van der Waals surface area contributed by atoms with E-state index in [1.165, 1.54) is 4.88 Å². The molecule has 1 saturated carbocycles. The fourth-order valence-corrected chi connectivity index (χ4v) is 5.15. The van der Waals surface area contributed by atoms with Gasteiger partial charge in [0, 0.05) is 54.6 Å². The van der Waals surface area contributed by atoms with Crippen molar-refractivity contribution in [2.24, 2.45) is 0 Å². The molecule has 0 aromatic carbocycles. The van der Waals surface area contributed by atoms with Gasteiger partial charge in [0.15, 0.2) is 5.65 Å². The highest BCUT2D eigenvalue weighted by Crippen LogP contribution is 2.32. The van der Waals surface area contributed by atoms with Gasteiger partial charge in [0.1, 0.15) is 5.70 Å². The summed E-state index contributed by atoms with van der Waals surface area (Å²) in [5.74, 6) is -0.459. The molecule has 34 heavy (non-hydrogen) atoms. The first-order chi connectivity index (χ1) is 16.5. The van der Waals surface area contributed by atoms with Gasteiger partial charge in [-0.05, 0) is 38.1 Å². The minimum atomic E-state index is -0.527. The lowest BCUT2D eigenvalue weighted by atomic mass is 10.2. The largest absolute Gasteiger partial charge is 0.379 e. The molecule has 6 rings (SSSR count). The maximum absolute atomic E-state index is 12.0. The van der Waals surface area contributed by atoms with Crippen molar-refractivity contribution < 1.29 is 9.59 Å². The molecule has 11 heteroatoms. The van der Waals surface area contributed by atoms with E-state index < -0.39 is 11.9 Å². The molecular weight excluding hydrogens is 452 g/mol. The number of anilines is 1. The van der Waals surface area contributed by atoms with Crippen LogP contribution in [0, 0.1) is 0 Å². The van der Waals surface area contributed by atoms with Gasteiger partial charge in [-0.25, -0.2) is 14.3 Å². The highest BCUT2D eigenvalue weighted by Gasteiger charge is 2.25. The number of aromatic nitrogens is 3. The number of fused-ring (bicyclic) bond motifs is 1. The van der Waals surface area contributed by atoms with Gasteiger partial charge < -0.3 is 15.5 Å². The topological polar surface area (TPSA) is 107 Å². The Bertz CT molecular complexity index is 1300. The Morgan fingerprint density at radius 2 is 2.00 bits per heavy atom. The molecule has 0 unspecified atom stereocenters. The van der Waals surface area contributed by atoms with Gasteiger partial charge in [0.05, 0.1) is 23.3 Å². The van der Waals surface area contributed by atoms with Crippen molar-refractivity contribution in [2.75, 3.05) is 38.5 Å². The summed E-state index contributed by atoms with van der Waals surface area (Å²) in [6, 6.07) is 4.20. The first-order valence-electron chi connectivity index (χ1n) is 11.5. The lowest BCUT2D eigenvalue weighted by Crippen LogP contribution is -2.43. The molecule has 2 aliphatic heterocycles.